The fraction of sp³-hybridized carbons (Fsp3) is 0. The Morgan fingerprint density at radius 1 is 0.286 bits per heavy atom. The average molecular weight is 1100 g/mol. The van der Waals surface area contributed by atoms with Gasteiger partial charge in [-0.2, -0.15) is 0 Å². The van der Waals surface area contributed by atoms with E-state index in [0.717, 1.165) is 106 Å². The van der Waals surface area contributed by atoms with Crippen LogP contribution in [0.3, 0.4) is 0 Å². The molecule has 12 aromatic carbocycles. The summed E-state index contributed by atoms with van der Waals surface area (Å²) in [5.74, 6) is 8.37. The molecule has 0 saturated heterocycles. The molecule has 12 heteroatoms. The average Bonchev–Trinajstić information content (AvgIpc) is 0.850. The summed E-state index contributed by atoms with van der Waals surface area (Å²) in [6.45, 7) is -0.405. The van der Waals surface area contributed by atoms with E-state index >= 15 is 0 Å². The number of nitrogens with zero attached hydrogens (tertiary/aromatic N) is 3. The molecule has 12 aromatic rings. The predicted octanol–water partition coefficient (Wildman–Crippen LogP) is 15.9. The SMILES string of the molecule is c1ccc(Oc2ccccc2Oc2cc3c4c(c2)N2c5ccccc5Oc5cccc(c52)B4c2cc4c(cc2S3)N(c2ccccc2)c2cc(Oc3ccccc3Oc3ccccc3)cc3c2B4c2cccc4c2N3c2ccccc2O4)cc1. The first kappa shape index (κ1) is 47.0. The van der Waals surface area contributed by atoms with E-state index in [9.17, 15) is 0 Å². The lowest BCUT2D eigenvalue weighted by molar-refractivity contribution is 0.418. The van der Waals surface area contributed by atoms with Crippen molar-refractivity contribution in [2.75, 3.05) is 14.7 Å². The highest BCUT2D eigenvalue weighted by Crippen LogP contribution is 2.57. The molecule has 394 valence electrons. The maximum Gasteiger partial charge on any atom is 0.252 e. The van der Waals surface area contributed by atoms with Crippen molar-refractivity contribution in [1.82, 2.24) is 0 Å². The van der Waals surface area contributed by atoms with Crippen LogP contribution in [-0.2, 0) is 0 Å². The molecular weight excluding hydrogens is 1060 g/mol. The smallest absolute Gasteiger partial charge is 0.252 e. The Hall–Kier alpha value is -10.7. The van der Waals surface area contributed by atoms with Crippen molar-refractivity contribution in [1.29, 1.82) is 0 Å². The molecule has 0 radical (unpaired) electrons. The first-order valence-electron chi connectivity index (χ1n) is 28.1. The second-order valence-corrected chi connectivity index (χ2v) is 22.5. The third kappa shape index (κ3) is 7.20. The summed E-state index contributed by atoms with van der Waals surface area (Å²) in [5.41, 5.74) is 16.2. The summed E-state index contributed by atoms with van der Waals surface area (Å²) in [6, 6.07) is 89.6. The van der Waals surface area contributed by atoms with E-state index in [4.69, 9.17) is 28.4 Å². The van der Waals surface area contributed by atoms with Crippen LogP contribution in [0, 0.1) is 0 Å². The summed E-state index contributed by atoms with van der Waals surface area (Å²) in [4.78, 5) is 9.45. The summed E-state index contributed by atoms with van der Waals surface area (Å²) < 4.78 is 40.9. The van der Waals surface area contributed by atoms with Crippen molar-refractivity contribution < 1.29 is 28.4 Å². The molecule has 0 N–H and O–H groups in total. The molecule has 0 amide bonds. The van der Waals surface area contributed by atoms with E-state index in [1.54, 1.807) is 11.8 Å². The number of hydrogen-bond donors (Lipinski definition) is 0. The van der Waals surface area contributed by atoms with Gasteiger partial charge >= 0.3 is 0 Å². The summed E-state index contributed by atoms with van der Waals surface area (Å²) in [5, 5.41) is 0. The normalized spacial score (nSPS) is 13.5. The van der Waals surface area contributed by atoms with Crippen LogP contribution in [-0.4, -0.2) is 13.4 Å². The van der Waals surface area contributed by atoms with Gasteiger partial charge in [0.05, 0.1) is 22.7 Å². The second-order valence-electron chi connectivity index (χ2n) is 21.4. The summed E-state index contributed by atoms with van der Waals surface area (Å²) in [7, 11) is 0. The summed E-state index contributed by atoms with van der Waals surface area (Å²) >= 11 is 1.79. The Morgan fingerprint density at radius 3 is 1.26 bits per heavy atom. The first-order valence-corrected chi connectivity index (χ1v) is 28.9. The number of rotatable bonds is 9. The van der Waals surface area contributed by atoms with E-state index in [-0.39, 0.29) is 13.4 Å². The molecule has 84 heavy (non-hydrogen) atoms. The van der Waals surface area contributed by atoms with Gasteiger partial charge in [-0.05, 0) is 137 Å². The van der Waals surface area contributed by atoms with Crippen LogP contribution in [0.2, 0.25) is 0 Å². The number of hydrogen-bond acceptors (Lipinski definition) is 10. The van der Waals surface area contributed by atoms with Crippen LogP contribution in [0.4, 0.5) is 51.2 Å². The van der Waals surface area contributed by atoms with Crippen molar-refractivity contribution in [3.05, 3.63) is 261 Å². The third-order valence-corrected chi connectivity index (χ3v) is 17.8. The summed E-state index contributed by atoms with van der Waals surface area (Å²) in [6.07, 6.45) is 0. The lowest BCUT2D eigenvalue weighted by atomic mass is 9.31. The lowest BCUT2D eigenvalue weighted by Crippen LogP contribution is -2.64. The van der Waals surface area contributed by atoms with Gasteiger partial charge in [-0.25, -0.2) is 0 Å². The van der Waals surface area contributed by atoms with E-state index in [1.807, 2.05) is 133 Å². The van der Waals surface area contributed by atoms with Gasteiger partial charge in [0, 0.05) is 56.4 Å². The second kappa shape index (κ2) is 18.4. The minimum Gasteiger partial charge on any atom is -0.453 e. The maximum absolute atomic E-state index is 7.15. The van der Waals surface area contributed by atoms with Crippen molar-refractivity contribution in [3.8, 4) is 69.0 Å². The van der Waals surface area contributed by atoms with Gasteiger partial charge in [-0.15, -0.1) is 0 Å². The molecule has 0 bridgehead atoms. The molecule has 0 fully saturated rings. The van der Waals surface area contributed by atoms with Gasteiger partial charge in [-0.3, -0.25) is 0 Å². The largest absolute Gasteiger partial charge is 0.453 e. The Labute approximate surface area is 489 Å². The standard InChI is InChI=1S/C72H43B2N3O6S/c1-4-20-44(21-5-1)75-55-43-67-52(74-50-27-19-37-66-72(50)77(54-29-11-13-31-60(54)83-66)58-40-48(41-68(84-67)70(58)74)81-64-35-17-15-33-62(64)79-46-24-8-3-9-25-46)42-51(55)73-49-26-18-36-65-71(49)76(53-28-10-12-30-59(53)82-65)57-39-47(38-56(75)69(57)73)80-63-34-16-14-32-61(63)78-45-22-6-2-7-23-45/h1-43H. The highest BCUT2D eigenvalue weighted by molar-refractivity contribution is 8.00. The van der Waals surface area contributed by atoms with E-state index in [0.29, 0.717) is 34.5 Å². The first-order chi connectivity index (χ1) is 41.6. The van der Waals surface area contributed by atoms with Crippen molar-refractivity contribution >= 4 is 109 Å². The quantitative estimate of drug-likeness (QED) is 0.131. The Balaban J connectivity index is 0.863. The minimum absolute atomic E-state index is 0.181. The molecule has 0 aliphatic carbocycles. The molecule has 0 saturated carbocycles. The molecular formula is C72H43B2N3O6S. The number of para-hydroxylation sites is 13. The van der Waals surface area contributed by atoms with Crippen molar-refractivity contribution in [3.63, 3.8) is 0 Å². The minimum atomic E-state index is -0.224. The van der Waals surface area contributed by atoms with Gasteiger partial charge in [0.25, 0.3) is 6.71 Å². The van der Waals surface area contributed by atoms with Gasteiger partial charge in [0.15, 0.2) is 46.0 Å². The number of benzene rings is 12. The van der Waals surface area contributed by atoms with Crippen LogP contribution in [0.15, 0.2) is 271 Å². The Kier molecular flexibility index (Phi) is 10.3. The molecule has 0 atom stereocenters. The fourth-order valence-corrected chi connectivity index (χ4v) is 14.5. The lowest BCUT2D eigenvalue weighted by Gasteiger charge is -2.47. The zero-order valence-electron chi connectivity index (χ0n) is 44.7. The predicted molar refractivity (Wildman–Crippen MR) is 337 cm³/mol. The van der Waals surface area contributed by atoms with Gasteiger partial charge in [-0.1, -0.05) is 151 Å². The van der Waals surface area contributed by atoms with Crippen LogP contribution in [0.5, 0.6) is 69.0 Å². The number of anilines is 9. The monoisotopic (exact) mass is 1100 g/mol. The molecule has 9 nitrogen and oxygen atoms in total. The molecule has 18 rings (SSSR count). The van der Waals surface area contributed by atoms with Crippen molar-refractivity contribution in [2.24, 2.45) is 0 Å². The van der Waals surface area contributed by atoms with Crippen molar-refractivity contribution in [2.45, 2.75) is 9.79 Å². The van der Waals surface area contributed by atoms with Crippen LogP contribution >= 0.6 is 11.8 Å². The van der Waals surface area contributed by atoms with Crippen LogP contribution in [0.1, 0.15) is 0 Å². The molecule has 6 heterocycles. The van der Waals surface area contributed by atoms with E-state index in [2.05, 4.69) is 142 Å². The molecule has 0 spiro atoms. The van der Waals surface area contributed by atoms with Gasteiger partial charge in [0.1, 0.15) is 23.0 Å². The van der Waals surface area contributed by atoms with Crippen LogP contribution in [0.25, 0.3) is 0 Å². The zero-order valence-corrected chi connectivity index (χ0v) is 45.5. The molecule has 0 unspecified atom stereocenters. The number of fused-ring (bicyclic) bond motifs is 12. The van der Waals surface area contributed by atoms with Gasteiger partial charge < -0.3 is 43.1 Å². The third-order valence-electron chi connectivity index (χ3n) is 16.6. The Morgan fingerprint density at radius 2 is 0.714 bits per heavy atom. The van der Waals surface area contributed by atoms with E-state index in [1.165, 1.54) is 21.9 Å². The molecule has 0 aromatic heterocycles. The topological polar surface area (TPSA) is 65.1 Å². The zero-order chi connectivity index (χ0) is 55.0. The van der Waals surface area contributed by atoms with E-state index < -0.39 is 0 Å². The van der Waals surface area contributed by atoms with Gasteiger partial charge in [0.2, 0.25) is 6.71 Å². The number of ether oxygens (including phenoxy) is 6. The molecule has 6 aliphatic heterocycles. The fourth-order valence-electron chi connectivity index (χ4n) is 13.3. The Bertz CT molecular complexity index is 4720. The maximum atomic E-state index is 7.15. The van der Waals surface area contributed by atoms with Crippen LogP contribution < -0.4 is 75.9 Å². The molecule has 6 aliphatic rings. The highest BCUT2D eigenvalue weighted by atomic mass is 32.2. The highest BCUT2D eigenvalue weighted by Gasteiger charge is 2.50.